The molecule has 0 bridgehead atoms. The van der Waals surface area contributed by atoms with Crippen molar-refractivity contribution in [2.75, 3.05) is 0 Å². The number of hydrogen-bond donors (Lipinski definition) is 0. The third-order valence-electron chi connectivity index (χ3n) is 4.01. The second-order valence-electron chi connectivity index (χ2n) is 5.54. The smallest absolute Gasteiger partial charge is 0.0138 e. The number of allylic oxidation sites excluding steroid dienone is 4. The summed E-state index contributed by atoms with van der Waals surface area (Å²) >= 11 is 0. The van der Waals surface area contributed by atoms with Crippen LogP contribution in [0.3, 0.4) is 0 Å². The van der Waals surface area contributed by atoms with Crippen LogP contribution in [0.15, 0.2) is 85.2 Å². The molecule has 0 fully saturated rings. The molecule has 2 aromatic rings. The van der Waals surface area contributed by atoms with Crippen LogP contribution < -0.4 is 10.6 Å². The van der Waals surface area contributed by atoms with Crippen LogP contribution in [0, 0.1) is 0 Å². The van der Waals surface area contributed by atoms with E-state index >= 15 is 0 Å². The minimum Gasteiger partial charge on any atom is -0.0985 e. The van der Waals surface area contributed by atoms with Gasteiger partial charge in [-0.15, -0.1) is 0 Å². The van der Waals surface area contributed by atoms with Crippen molar-refractivity contribution in [3.05, 3.63) is 96.4 Å². The van der Waals surface area contributed by atoms with Crippen LogP contribution in [0.2, 0.25) is 0 Å². The molecule has 0 saturated heterocycles. The predicted molar refractivity (Wildman–Crippen MR) is 106 cm³/mol. The summed E-state index contributed by atoms with van der Waals surface area (Å²) in [6, 6.07) is 17.6. The second-order valence-corrected chi connectivity index (χ2v) is 7.76. The van der Waals surface area contributed by atoms with Gasteiger partial charge in [0.1, 0.15) is 0 Å². The summed E-state index contributed by atoms with van der Waals surface area (Å²) in [6.07, 6.45) is 13.1. The van der Waals surface area contributed by atoms with E-state index in [0.29, 0.717) is 0 Å². The quantitative estimate of drug-likeness (QED) is 0.626. The Balaban J connectivity index is 2.04. The van der Waals surface area contributed by atoms with E-state index in [1.165, 1.54) is 27.1 Å². The number of hydrogen-bond acceptors (Lipinski definition) is 0. The van der Waals surface area contributed by atoms with Gasteiger partial charge in [-0.25, -0.2) is 0 Å². The number of rotatable bonds is 5. The molecule has 1 heteroatoms. The van der Waals surface area contributed by atoms with Crippen LogP contribution in [-0.4, -0.2) is 0 Å². The first-order valence-electron chi connectivity index (χ1n) is 7.93. The number of benzene rings is 2. The van der Waals surface area contributed by atoms with Gasteiger partial charge < -0.3 is 0 Å². The highest BCUT2D eigenvalue weighted by molar-refractivity contribution is 7.77. The molecule has 3 rings (SSSR count). The molecule has 23 heavy (non-hydrogen) atoms. The van der Waals surface area contributed by atoms with E-state index in [1.54, 1.807) is 0 Å². The molecule has 0 amide bonds. The average molecular weight is 316 g/mol. The Labute approximate surface area is 140 Å². The molecule has 0 radical (unpaired) electrons. The Bertz CT molecular complexity index is 694. The third-order valence-corrected chi connectivity index (χ3v) is 6.48. The predicted octanol–water partition coefficient (Wildman–Crippen LogP) is 5.64. The third kappa shape index (κ3) is 3.60. The van der Waals surface area contributed by atoms with Gasteiger partial charge in [0.25, 0.3) is 0 Å². The van der Waals surface area contributed by atoms with E-state index in [-0.39, 0.29) is 0 Å². The Morgan fingerprint density at radius 1 is 0.739 bits per heavy atom. The summed E-state index contributed by atoms with van der Waals surface area (Å²) in [4.78, 5) is 0. The van der Waals surface area contributed by atoms with E-state index in [4.69, 9.17) is 0 Å². The minimum absolute atomic E-state index is 0.498. The molecule has 0 aromatic heterocycles. The molecular weight excluding hydrogens is 295 g/mol. The van der Waals surface area contributed by atoms with Crippen LogP contribution in [0.4, 0.5) is 0 Å². The molecule has 114 valence electrons. The topological polar surface area (TPSA) is 0 Å². The normalized spacial score (nSPS) is 13.7. The monoisotopic (exact) mass is 316 g/mol. The van der Waals surface area contributed by atoms with Crippen molar-refractivity contribution in [1.29, 1.82) is 0 Å². The zero-order chi connectivity index (χ0) is 16.1. The highest BCUT2D eigenvalue weighted by Gasteiger charge is 2.18. The van der Waals surface area contributed by atoms with Gasteiger partial charge in [-0.3, -0.25) is 0 Å². The summed E-state index contributed by atoms with van der Waals surface area (Å²) in [5, 5.41) is 4.22. The van der Waals surface area contributed by atoms with Crippen LogP contribution in [0.25, 0.3) is 12.2 Å². The summed E-state index contributed by atoms with van der Waals surface area (Å²) in [7, 11) is -0.498. The fourth-order valence-electron chi connectivity index (χ4n) is 2.73. The molecule has 0 heterocycles. The average Bonchev–Trinajstić information content (AvgIpc) is 2.64. The van der Waals surface area contributed by atoms with Crippen LogP contribution in [0.1, 0.15) is 24.0 Å². The van der Waals surface area contributed by atoms with Crippen molar-refractivity contribution in [3.8, 4) is 0 Å². The van der Waals surface area contributed by atoms with E-state index in [2.05, 4.69) is 79.9 Å². The summed E-state index contributed by atoms with van der Waals surface area (Å²) in [5.74, 6) is 0. The van der Waals surface area contributed by atoms with E-state index in [9.17, 15) is 0 Å². The molecule has 2 aromatic carbocycles. The van der Waals surface area contributed by atoms with Gasteiger partial charge in [-0.1, -0.05) is 92.1 Å². The molecule has 1 aliphatic carbocycles. The first-order chi connectivity index (χ1) is 11.3. The largest absolute Gasteiger partial charge is 0.0985 e. The molecule has 0 atom stereocenters. The van der Waals surface area contributed by atoms with Gasteiger partial charge in [-0.2, -0.15) is 0 Å². The van der Waals surface area contributed by atoms with E-state index in [1.807, 2.05) is 12.2 Å². The molecule has 1 aliphatic rings. The van der Waals surface area contributed by atoms with Crippen molar-refractivity contribution < 1.29 is 0 Å². The molecular formula is C22H21P. The van der Waals surface area contributed by atoms with Gasteiger partial charge in [0.2, 0.25) is 0 Å². The lowest BCUT2D eigenvalue weighted by atomic mass is 10.2. The van der Waals surface area contributed by atoms with Crippen molar-refractivity contribution in [1.82, 2.24) is 0 Å². The van der Waals surface area contributed by atoms with Gasteiger partial charge in [0.05, 0.1) is 0 Å². The fourth-order valence-corrected chi connectivity index (χ4v) is 5.09. The van der Waals surface area contributed by atoms with Gasteiger partial charge >= 0.3 is 0 Å². The van der Waals surface area contributed by atoms with Crippen molar-refractivity contribution >= 4 is 30.7 Å². The van der Waals surface area contributed by atoms with Gasteiger partial charge in [0, 0.05) is 0 Å². The first kappa shape index (κ1) is 15.7. The van der Waals surface area contributed by atoms with Crippen molar-refractivity contribution in [2.24, 2.45) is 0 Å². The SMILES string of the molecule is C=Cc1ccc(P(C2=CCCC=C2)c2ccc(C=C)cc2)cc1. The minimum atomic E-state index is -0.498. The molecule has 0 nitrogen and oxygen atoms in total. The zero-order valence-corrected chi connectivity index (χ0v) is 14.2. The van der Waals surface area contributed by atoms with Crippen molar-refractivity contribution in [2.45, 2.75) is 12.8 Å². The Hall–Kier alpha value is -2.17. The second kappa shape index (κ2) is 7.40. The lowest BCUT2D eigenvalue weighted by Gasteiger charge is -2.22. The van der Waals surface area contributed by atoms with Crippen molar-refractivity contribution in [3.63, 3.8) is 0 Å². The molecule has 0 N–H and O–H groups in total. The molecule has 0 unspecified atom stereocenters. The lowest BCUT2D eigenvalue weighted by molar-refractivity contribution is 1.03. The van der Waals surface area contributed by atoms with Crippen LogP contribution in [-0.2, 0) is 0 Å². The molecule has 0 saturated carbocycles. The lowest BCUT2D eigenvalue weighted by Crippen LogP contribution is -2.13. The van der Waals surface area contributed by atoms with Crippen LogP contribution >= 0.6 is 7.92 Å². The highest BCUT2D eigenvalue weighted by atomic mass is 31.1. The maximum atomic E-state index is 3.85. The summed E-state index contributed by atoms with van der Waals surface area (Å²) in [5.41, 5.74) is 2.33. The summed E-state index contributed by atoms with van der Waals surface area (Å²) in [6.45, 7) is 7.69. The molecule has 0 aliphatic heterocycles. The van der Waals surface area contributed by atoms with E-state index in [0.717, 1.165) is 12.8 Å². The van der Waals surface area contributed by atoms with Gasteiger partial charge in [-0.05, 0) is 47.8 Å². The van der Waals surface area contributed by atoms with Gasteiger partial charge in [0.15, 0.2) is 0 Å². The standard InChI is InChI=1S/C22H21P/c1-3-18-10-14-21(15-11-18)23(20-8-6-5-7-9-20)22-16-12-19(4-2)13-17-22/h3-4,6,8-17H,1-2,5,7H2. The fraction of sp³-hybridized carbons (Fsp3) is 0.0909. The van der Waals surface area contributed by atoms with E-state index < -0.39 is 7.92 Å². The Morgan fingerprint density at radius 3 is 1.65 bits per heavy atom. The Kier molecular flexibility index (Phi) is 5.05. The summed E-state index contributed by atoms with van der Waals surface area (Å²) < 4.78 is 0. The first-order valence-corrected chi connectivity index (χ1v) is 9.28. The Morgan fingerprint density at radius 2 is 1.26 bits per heavy atom. The zero-order valence-electron chi connectivity index (χ0n) is 13.3. The maximum Gasteiger partial charge on any atom is -0.0138 e. The molecule has 0 spiro atoms. The maximum absolute atomic E-state index is 3.85. The highest BCUT2D eigenvalue weighted by Crippen LogP contribution is 2.45. The van der Waals surface area contributed by atoms with Crippen LogP contribution in [0.5, 0.6) is 0 Å².